The molecule has 0 aliphatic carbocycles. The molecule has 108 valence electrons. The van der Waals surface area contributed by atoms with Crippen LogP contribution >= 0.6 is 11.6 Å². The van der Waals surface area contributed by atoms with Crippen LogP contribution in [0, 0.1) is 6.92 Å². The first-order valence-corrected chi connectivity index (χ1v) is 6.77. The van der Waals surface area contributed by atoms with Gasteiger partial charge in [-0.1, -0.05) is 47.1 Å². The smallest absolute Gasteiger partial charge is 0.257 e. The average molecular weight is 303 g/mol. The van der Waals surface area contributed by atoms with Crippen LogP contribution in [0.15, 0.2) is 47.6 Å². The van der Waals surface area contributed by atoms with Crippen LogP contribution in [0.2, 0.25) is 5.02 Å². The number of nitrogens with zero attached hydrogens (tertiary/aromatic N) is 1. The van der Waals surface area contributed by atoms with Gasteiger partial charge < -0.3 is 10.5 Å². The molecule has 0 bridgehead atoms. The maximum Gasteiger partial charge on any atom is 0.257 e. The van der Waals surface area contributed by atoms with Crippen molar-refractivity contribution in [2.45, 2.75) is 13.8 Å². The summed E-state index contributed by atoms with van der Waals surface area (Å²) in [6.45, 7) is 3.50. The number of hydrogen-bond acceptors (Lipinski definition) is 3. The second-order valence-electron chi connectivity index (χ2n) is 4.62. The van der Waals surface area contributed by atoms with Crippen LogP contribution in [-0.2, 0) is 0 Å². The first-order chi connectivity index (χ1) is 10.0. The van der Waals surface area contributed by atoms with E-state index < -0.39 is 0 Å². The Morgan fingerprint density at radius 1 is 1.14 bits per heavy atom. The van der Waals surface area contributed by atoms with Crippen LogP contribution in [0.4, 0.5) is 5.69 Å². The van der Waals surface area contributed by atoms with Gasteiger partial charge >= 0.3 is 0 Å². The zero-order chi connectivity index (χ0) is 15.4. The standard InChI is InChI=1S/C16H15ClN2O2/c1-10-6-5-8-13(15(10)17)16(20)18-14-9-4-3-7-12(14)11(2)19-21/h3-9,21H,1-2H3,(H,18,20)/b19-11-. The van der Waals surface area contributed by atoms with Crippen molar-refractivity contribution < 1.29 is 10.0 Å². The molecule has 0 spiro atoms. The van der Waals surface area contributed by atoms with Gasteiger partial charge in [-0.25, -0.2) is 0 Å². The fourth-order valence-electron chi connectivity index (χ4n) is 1.97. The van der Waals surface area contributed by atoms with E-state index in [1.165, 1.54) is 0 Å². The van der Waals surface area contributed by atoms with Crippen LogP contribution in [0.3, 0.4) is 0 Å². The molecule has 0 atom stereocenters. The zero-order valence-corrected chi connectivity index (χ0v) is 12.5. The van der Waals surface area contributed by atoms with E-state index in [9.17, 15) is 4.79 Å². The molecule has 1 amide bonds. The van der Waals surface area contributed by atoms with Crippen molar-refractivity contribution in [1.82, 2.24) is 0 Å². The summed E-state index contributed by atoms with van der Waals surface area (Å²) in [5.74, 6) is -0.304. The number of nitrogens with one attached hydrogen (secondary N) is 1. The van der Waals surface area contributed by atoms with Crippen LogP contribution in [0.5, 0.6) is 0 Å². The topological polar surface area (TPSA) is 61.7 Å². The number of oxime groups is 1. The number of hydrogen-bond donors (Lipinski definition) is 2. The Morgan fingerprint density at radius 3 is 2.52 bits per heavy atom. The van der Waals surface area contributed by atoms with Crippen LogP contribution in [0.25, 0.3) is 0 Å². The number of carbonyl (C=O) groups is 1. The molecule has 2 rings (SSSR count). The van der Waals surface area contributed by atoms with Crippen LogP contribution in [0.1, 0.15) is 28.4 Å². The lowest BCUT2D eigenvalue weighted by Crippen LogP contribution is -2.15. The van der Waals surface area contributed by atoms with E-state index in [2.05, 4.69) is 10.5 Å². The van der Waals surface area contributed by atoms with E-state index in [1.54, 1.807) is 43.3 Å². The van der Waals surface area contributed by atoms with Gasteiger partial charge in [0.2, 0.25) is 0 Å². The van der Waals surface area contributed by atoms with Crippen molar-refractivity contribution in [3.8, 4) is 0 Å². The number of carbonyl (C=O) groups excluding carboxylic acids is 1. The second-order valence-corrected chi connectivity index (χ2v) is 5.00. The highest BCUT2D eigenvalue weighted by Gasteiger charge is 2.14. The molecule has 0 aliphatic heterocycles. The summed E-state index contributed by atoms with van der Waals surface area (Å²) in [7, 11) is 0. The van der Waals surface area contributed by atoms with Crippen molar-refractivity contribution in [2.75, 3.05) is 5.32 Å². The summed E-state index contributed by atoms with van der Waals surface area (Å²) >= 11 is 6.16. The number of anilines is 1. The maximum atomic E-state index is 12.4. The SMILES string of the molecule is C/C(=N/O)c1ccccc1NC(=O)c1cccc(C)c1Cl. The Labute approximate surface area is 128 Å². The molecule has 5 heteroatoms. The lowest BCUT2D eigenvalue weighted by atomic mass is 10.1. The third-order valence-electron chi connectivity index (χ3n) is 3.15. The molecule has 21 heavy (non-hydrogen) atoms. The van der Waals surface area contributed by atoms with Gasteiger partial charge in [0.1, 0.15) is 0 Å². The van der Waals surface area contributed by atoms with Crippen molar-refractivity contribution in [2.24, 2.45) is 5.16 Å². The molecule has 0 radical (unpaired) electrons. The molecule has 4 nitrogen and oxygen atoms in total. The largest absolute Gasteiger partial charge is 0.411 e. The predicted octanol–water partition coefficient (Wildman–Crippen LogP) is 4.10. The van der Waals surface area contributed by atoms with Gasteiger partial charge in [0.05, 0.1) is 22.0 Å². The molecule has 2 aromatic carbocycles. The van der Waals surface area contributed by atoms with Gasteiger partial charge in [-0.2, -0.15) is 0 Å². The lowest BCUT2D eigenvalue weighted by Gasteiger charge is -2.11. The first kappa shape index (κ1) is 15.1. The minimum absolute atomic E-state index is 0.304. The molecular weight excluding hydrogens is 288 g/mol. The van der Waals surface area contributed by atoms with E-state index in [-0.39, 0.29) is 5.91 Å². The molecule has 0 fully saturated rings. The minimum atomic E-state index is -0.304. The highest BCUT2D eigenvalue weighted by molar-refractivity contribution is 6.35. The minimum Gasteiger partial charge on any atom is -0.411 e. The predicted molar refractivity (Wildman–Crippen MR) is 84.6 cm³/mol. The third-order valence-corrected chi connectivity index (χ3v) is 3.65. The number of amides is 1. The van der Waals surface area contributed by atoms with Crippen LogP contribution < -0.4 is 5.32 Å². The average Bonchev–Trinajstić information content (AvgIpc) is 2.49. The van der Waals surface area contributed by atoms with E-state index in [1.807, 2.05) is 13.0 Å². The van der Waals surface area contributed by atoms with Gasteiger partial charge in [-0.15, -0.1) is 0 Å². The quantitative estimate of drug-likeness (QED) is 0.509. The summed E-state index contributed by atoms with van der Waals surface area (Å²) in [5.41, 5.74) is 2.88. The van der Waals surface area contributed by atoms with Gasteiger partial charge in [0, 0.05) is 5.56 Å². The van der Waals surface area contributed by atoms with Gasteiger partial charge in [-0.05, 0) is 31.5 Å². The Hall–Kier alpha value is -2.33. The van der Waals surface area contributed by atoms with Gasteiger partial charge in [0.15, 0.2) is 0 Å². The number of benzene rings is 2. The van der Waals surface area contributed by atoms with Crippen molar-refractivity contribution in [1.29, 1.82) is 0 Å². The van der Waals surface area contributed by atoms with Gasteiger partial charge in [0.25, 0.3) is 5.91 Å². The van der Waals surface area contributed by atoms with Crippen molar-refractivity contribution in [3.63, 3.8) is 0 Å². The summed E-state index contributed by atoms with van der Waals surface area (Å²) < 4.78 is 0. The van der Waals surface area contributed by atoms with E-state index in [0.717, 1.165) is 5.56 Å². The Kier molecular flexibility index (Phi) is 4.60. The molecule has 0 aliphatic rings. The highest BCUT2D eigenvalue weighted by atomic mass is 35.5. The van der Waals surface area contributed by atoms with E-state index in [4.69, 9.17) is 16.8 Å². The Morgan fingerprint density at radius 2 is 1.81 bits per heavy atom. The first-order valence-electron chi connectivity index (χ1n) is 6.39. The molecule has 0 unspecified atom stereocenters. The normalized spacial score (nSPS) is 11.3. The monoisotopic (exact) mass is 302 g/mol. The highest BCUT2D eigenvalue weighted by Crippen LogP contribution is 2.23. The number of aryl methyl sites for hydroxylation is 1. The molecule has 2 aromatic rings. The molecule has 0 saturated carbocycles. The molecular formula is C16H15ClN2O2. The molecule has 0 aromatic heterocycles. The summed E-state index contributed by atoms with van der Waals surface area (Å²) in [6.07, 6.45) is 0. The van der Waals surface area contributed by atoms with Crippen molar-refractivity contribution in [3.05, 3.63) is 64.2 Å². The summed E-state index contributed by atoms with van der Waals surface area (Å²) in [6, 6.07) is 12.4. The van der Waals surface area contributed by atoms with E-state index >= 15 is 0 Å². The van der Waals surface area contributed by atoms with E-state index in [0.29, 0.717) is 27.5 Å². The third kappa shape index (κ3) is 3.23. The zero-order valence-electron chi connectivity index (χ0n) is 11.7. The lowest BCUT2D eigenvalue weighted by molar-refractivity contribution is 0.102. The Bertz CT molecular complexity index is 711. The number of para-hydroxylation sites is 1. The van der Waals surface area contributed by atoms with Crippen molar-refractivity contribution >= 4 is 28.9 Å². The molecule has 2 N–H and O–H groups in total. The fraction of sp³-hybridized carbons (Fsp3) is 0.125. The Balaban J connectivity index is 2.35. The summed E-state index contributed by atoms with van der Waals surface area (Å²) in [5, 5.41) is 15.3. The fourth-order valence-corrected chi connectivity index (χ4v) is 2.19. The summed E-state index contributed by atoms with van der Waals surface area (Å²) in [4.78, 5) is 12.4. The molecule has 0 saturated heterocycles. The molecule has 0 heterocycles. The maximum absolute atomic E-state index is 12.4. The van der Waals surface area contributed by atoms with Gasteiger partial charge in [-0.3, -0.25) is 4.79 Å². The number of rotatable bonds is 3. The number of halogens is 1. The second kappa shape index (κ2) is 6.41. The van der Waals surface area contributed by atoms with Crippen LogP contribution in [-0.4, -0.2) is 16.8 Å².